The Balaban J connectivity index is 2.07. The van der Waals surface area contributed by atoms with Gasteiger partial charge in [0.2, 0.25) is 11.7 Å². The number of hydrogen-bond donors (Lipinski definition) is 1. The molecule has 6 heteroatoms. The third-order valence-electron chi connectivity index (χ3n) is 2.19. The van der Waals surface area contributed by atoms with Crippen molar-refractivity contribution in [2.45, 2.75) is 25.9 Å². The van der Waals surface area contributed by atoms with Crippen LogP contribution in [-0.4, -0.2) is 31.1 Å². The van der Waals surface area contributed by atoms with Crippen LogP contribution in [0.25, 0.3) is 11.5 Å². The van der Waals surface area contributed by atoms with E-state index >= 15 is 0 Å². The molecule has 16 heavy (non-hydrogen) atoms. The van der Waals surface area contributed by atoms with Crippen LogP contribution in [0, 0.1) is 0 Å². The van der Waals surface area contributed by atoms with Gasteiger partial charge in [0.05, 0.1) is 6.10 Å². The van der Waals surface area contributed by atoms with E-state index in [0.29, 0.717) is 30.3 Å². The molecule has 0 aliphatic carbocycles. The molecule has 1 N–H and O–H groups in total. The summed E-state index contributed by atoms with van der Waals surface area (Å²) in [6.07, 6.45) is 2.66. The molecule has 2 heterocycles. The van der Waals surface area contributed by atoms with Crippen LogP contribution >= 0.6 is 0 Å². The minimum atomic E-state index is -0.356. The van der Waals surface area contributed by atoms with Gasteiger partial charge in [-0.25, -0.2) is 0 Å². The average Bonchev–Trinajstić information content (AvgIpc) is 2.83. The summed E-state index contributed by atoms with van der Waals surface area (Å²) in [6.45, 7) is 1.73. The minimum Gasteiger partial charge on any atom is -0.393 e. The maximum absolute atomic E-state index is 9.14. The van der Waals surface area contributed by atoms with E-state index in [1.807, 2.05) is 19.3 Å². The molecule has 1 atom stereocenters. The molecule has 2 aromatic heterocycles. The SMILES string of the molecule is CC(O)CCc1nc(-c2ccn(C)n2)no1. The number of nitrogens with zero attached hydrogens (tertiary/aromatic N) is 4. The Morgan fingerprint density at radius 1 is 1.56 bits per heavy atom. The van der Waals surface area contributed by atoms with Crippen LogP contribution in [0.5, 0.6) is 0 Å². The fourth-order valence-electron chi connectivity index (χ4n) is 1.33. The normalized spacial score (nSPS) is 12.9. The van der Waals surface area contributed by atoms with E-state index < -0.39 is 0 Å². The van der Waals surface area contributed by atoms with Gasteiger partial charge in [-0.2, -0.15) is 10.1 Å². The molecule has 0 spiro atoms. The Labute approximate surface area is 92.9 Å². The fourth-order valence-corrected chi connectivity index (χ4v) is 1.33. The van der Waals surface area contributed by atoms with Gasteiger partial charge >= 0.3 is 0 Å². The molecule has 0 aromatic carbocycles. The largest absolute Gasteiger partial charge is 0.393 e. The first-order valence-electron chi connectivity index (χ1n) is 5.16. The number of aromatic nitrogens is 4. The Kier molecular flexibility index (Phi) is 3.00. The fraction of sp³-hybridized carbons (Fsp3) is 0.500. The van der Waals surface area contributed by atoms with Crippen LogP contribution in [0.3, 0.4) is 0 Å². The third-order valence-corrected chi connectivity index (χ3v) is 2.19. The molecule has 1 unspecified atom stereocenters. The van der Waals surface area contributed by atoms with Gasteiger partial charge < -0.3 is 9.63 Å². The van der Waals surface area contributed by atoms with Crippen molar-refractivity contribution in [3.8, 4) is 11.5 Å². The molecule has 0 amide bonds. The molecule has 2 rings (SSSR count). The van der Waals surface area contributed by atoms with E-state index in [4.69, 9.17) is 9.63 Å². The summed E-state index contributed by atoms with van der Waals surface area (Å²) >= 11 is 0. The van der Waals surface area contributed by atoms with E-state index in [1.165, 1.54) is 0 Å². The predicted molar refractivity (Wildman–Crippen MR) is 56.5 cm³/mol. The quantitative estimate of drug-likeness (QED) is 0.827. The summed E-state index contributed by atoms with van der Waals surface area (Å²) in [5.41, 5.74) is 0.689. The van der Waals surface area contributed by atoms with Crippen molar-refractivity contribution in [3.05, 3.63) is 18.2 Å². The molecule has 0 aliphatic heterocycles. The summed E-state index contributed by atoms with van der Waals surface area (Å²) in [5, 5.41) is 17.1. The molecule has 0 radical (unpaired) electrons. The smallest absolute Gasteiger partial charge is 0.227 e. The van der Waals surface area contributed by atoms with Gasteiger partial charge in [-0.05, 0) is 19.4 Å². The van der Waals surface area contributed by atoms with Crippen molar-refractivity contribution in [1.29, 1.82) is 0 Å². The highest BCUT2D eigenvalue weighted by atomic mass is 16.5. The van der Waals surface area contributed by atoms with Crippen LogP contribution in [-0.2, 0) is 13.5 Å². The minimum absolute atomic E-state index is 0.356. The Bertz CT molecular complexity index is 461. The van der Waals surface area contributed by atoms with Gasteiger partial charge in [0, 0.05) is 19.7 Å². The van der Waals surface area contributed by atoms with E-state index in [0.717, 1.165) is 0 Å². The summed E-state index contributed by atoms with van der Waals surface area (Å²) in [4.78, 5) is 4.20. The zero-order valence-corrected chi connectivity index (χ0v) is 9.29. The van der Waals surface area contributed by atoms with Gasteiger partial charge in [-0.3, -0.25) is 4.68 Å². The number of rotatable bonds is 4. The van der Waals surface area contributed by atoms with Gasteiger partial charge in [0.25, 0.3) is 0 Å². The standard InChI is InChI=1S/C10H14N4O2/c1-7(15)3-4-9-11-10(13-16-9)8-5-6-14(2)12-8/h5-7,15H,3-4H2,1-2H3. The van der Waals surface area contributed by atoms with Crippen LogP contribution < -0.4 is 0 Å². The first kappa shape index (κ1) is 10.8. The van der Waals surface area contributed by atoms with E-state index in [-0.39, 0.29) is 6.10 Å². The molecule has 0 aliphatic rings. The van der Waals surface area contributed by atoms with Crippen molar-refractivity contribution in [2.24, 2.45) is 7.05 Å². The van der Waals surface area contributed by atoms with E-state index in [9.17, 15) is 0 Å². The number of aryl methyl sites for hydroxylation is 2. The van der Waals surface area contributed by atoms with Crippen molar-refractivity contribution in [3.63, 3.8) is 0 Å². The molecule has 0 saturated carbocycles. The van der Waals surface area contributed by atoms with Crippen LogP contribution in [0.4, 0.5) is 0 Å². The summed E-state index contributed by atoms with van der Waals surface area (Å²) in [6, 6.07) is 1.82. The van der Waals surface area contributed by atoms with Crippen LogP contribution in [0.15, 0.2) is 16.8 Å². The lowest BCUT2D eigenvalue weighted by Crippen LogP contribution is -2.01. The highest BCUT2D eigenvalue weighted by Gasteiger charge is 2.11. The number of hydrogen-bond acceptors (Lipinski definition) is 5. The Morgan fingerprint density at radius 3 is 3.00 bits per heavy atom. The lowest BCUT2D eigenvalue weighted by atomic mass is 10.2. The molecule has 0 saturated heterocycles. The second kappa shape index (κ2) is 4.44. The molecule has 0 bridgehead atoms. The zero-order chi connectivity index (χ0) is 11.5. The molecular formula is C10H14N4O2. The molecular weight excluding hydrogens is 208 g/mol. The summed E-state index contributed by atoms with van der Waals surface area (Å²) in [7, 11) is 1.83. The Morgan fingerprint density at radius 2 is 2.38 bits per heavy atom. The monoisotopic (exact) mass is 222 g/mol. The summed E-state index contributed by atoms with van der Waals surface area (Å²) < 4.78 is 6.74. The van der Waals surface area contributed by atoms with Crippen molar-refractivity contribution in [1.82, 2.24) is 19.9 Å². The highest BCUT2D eigenvalue weighted by Crippen LogP contribution is 2.13. The zero-order valence-electron chi connectivity index (χ0n) is 9.29. The lowest BCUT2D eigenvalue weighted by molar-refractivity contribution is 0.180. The first-order chi connectivity index (χ1) is 7.65. The average molecular weight is 222 g/mol. The second-order valence-corrected chi connectivity index (χ2v) is 3.77. The summed E-state index contributed by atoms with van der Waals surface area (Å²) in [5.74, 6) is 1.02. The first-order valence-corrected chi connectivity index (χ1v) is 5.16. The molecule has 86 valence electrons. The van der Waals surface area contributed by atoms with Gasteiger partial charge in [-0.15, -0.1) is 0 Å². The predicted octanol–water partition coefficient (Wildman–Crippen LogP) is 0.783. The maximum atomic E-state index is 9.14. The molecule has 6 nitrogen and oxygen atoms in total. The van der Waals surface area contributed by atoms with Crippen molar-refractivity contribution in [2.75, 3.05) is 0 Å². The van der Waals surface area contributed by atoms with E-state index in [1.54, 1.807) is 11.6 Å². The van der Waals surface area contributed by atoms with Crippen LogP contribution in [0.1, 0.15) is 19.2 Å². The molecule has 0 fully saturated rings. The molecule has 2 aromatic rings. The van der Waals surface area contributed by atoms with E-state index in [2.05, 4.69) is 15.2 Å². The van der Waals surface area contributed by atoms with Crippen molar-refractivity contribution < 1.29 is 9.63 Å². The van der Waals surface area contributed by atoms with Gasteiger partial charge in [0.15, 0.2) is 0 Å². The number of aliphatic hydroxyl groups is 1. The topological polar surface area (TPSA) is 77.0 Å². The Hall–Kier alpha value is -1.69. The second-order valence-electron chi connectivity index (χ2n) is 3.77. The van der Waals surface area contributed by atoms with Gasteiger partial charge in [0.1, 0.15) is 5.69 Å². The lowest BCUT2D eigenvalue weighted by Gasteiger charge is -1.97. The third kappa shape index (κ3) is 2.46. The van der Waals surface area contributed by atoms with Gasteiger partial charge in [-0.1, -0.05) is 5.16 Å². The maximum Gasteiger partial charge on any atom is 0.227 e. The highest BCUT2D eigenvalue weighted by molar-refractivity contribution is 5.46. The number of aliphatic hydroxyl groups excluding tert-OH is 1. The van der Waals surface area contributed by atoms with Crippen molar-refractivity contribution >= 4 is 0 Å². The van der Waals surface area contributed by atoms with Crippen LogP contribution in [0.2, 0.25) is 0 Å².